The van der Waals surface area contributed by atoms with Gasteiger partial charge in [0.15, 0.2) is 5.96 Å². The summed E-state index contributed by atoms with van der Waals surface area (Å²) in [6, 6.07) is 7.73. The Bertz CT molecular complexity index is 782. The predicted molar refractivity (Wildman–Crippen MR) is 123 cm³/mol. The molecule has 1 aromatic carbocycles. The largest absolute Gasteiger partial charge is 0.361 e. The fourth-order valence-corrected chi connectivity index (χ4v) is 2.83. The number of aliphatic imine (C=N–C) groups is 1. The van der Waals surface area contributed by atoms with Gasteiger partial charge in [-0.1, -0.05) is 17.3 Å². The van der Waals surface area contributed by atoms with E-state index in [-0.39, 0.29) is 29.9 Å². The van der Waals surface area contributed by atoms with Gasteiger partial charge in [0, 0.05) is 45.4 Å². The monoisotopic (exact) mass is 499 g/mol. The Balaban J connectivity index is 0.00000392. The summed E-state index contributed by atoms with van der Waals surface area (Å²) in [5.74, 6) is 1.63. The van der Waals surface area contributed by atoms with Gasteiger partial charge in [-0.3, -0.25) is 9.79 Å². The first-order chi connectivity index (χ1) is 12.9. The minimum Gasteiger partial charge on any atom is -0.361 e. The molecule has 0 unspecified atom stereocenters. The van der Waals surface area contributed by atoms with Crippen LogP contribution in [-0.2, 0) is 12.8 Å². The topological polar surface area (TPSA) is 82.8 Å². The van der Waals surface area contributed by atoms with Crippen LogP contribution in [0.3, 0.4) is 0 Å². The van der Waals surface area contributed by atoms with Crippen LogP contribution in [0, 0.1) is 13.8 Å². The molecule has 0 fully saturated rings. The van der Waals surface area contributed by atoms with Crippen molar-refractivity contribution in [2.24, 2.45) is 4.99 Å². The maximum Gasteiger partial charge on any atom is 0.253 e. The van der Waals surface area contributed by atoms with Crippen molar-refractivity contribution in [1.29, 1.82) is 0 Å². The van der Waals surface area contributed by atoms with E-state index in [0.29, 0.717) is 5.56 Å². The number of aromatic nitrogens is 1. The molecule has 0 saturated heterocycles. The van der Waals surface area contributed by atoms with E-state index in [9.17, 15) is 4.79 Å². The molecule has 1 amide bonds. The van der Waals surface area contributed by atoms with Crippen molar-refractivity contribution < 1.29 is 9.32 Å². The summed E-state index contributed by atoms with van der Waals surface area (Å²) in [5, 5.41) is 10.6. The van der Waals surface area contributed by atoms with Gasteiger partial charge < -0.3 is 20.1 Å². The molecule has 28 heavy (non-hydrogen) atoms. The van der Waals surface area contributed by atoms with Crippen LogP contribution in [-0.4, -0.2) is 56.2 Å². The normalized spacial score (nSPS) is 11.0. The lowest BCUT2D eigenvalue weighted by Crippen LogP contribution is -2.39. The van der Waals surface area contributed by atoms with E-state index in [1.54, 1.807) is 26.0 Å². The van der Waals surface area contributed by atoms with E-state index in [1.165, 1.54) is 0 Å². The van der Waals surface area contributed by atoms with E-state index in [1.807, 2.05) is 38.1 Å². The van der Waals surface area contributed by atoms with E-state index < -0.39 is 0 Å². The highest BCUT2D eigenvalue weighted by atomic mass is 127. The van der Waals surface area contributed by atoms with E-state index >= 15 is 0 Å². The van der Waals surface area contributed by atoms with Crippen molar-refractivity contribution >= 4 is 35.8 Å². The highest BCUT2D eigenvalue weighted by Gasteiger charge is 2.09. The molecular weight excluding hydrogens is 469 g/mol. The summed E-state index contributed by atoms with van der Waals surface area (Å²) in [7, 11) is 5.27. The number of nitrogens with one attached hydrogen (secondary N) is 2. The van der Waals surface area contributed by atoms with E-state index in [4.69, 9.17) is 4.52 Å². The highest BCUT2D eigenvalue weighted by Crippen LogP contribution is 2.12. The Morgan fingerprint density at radius 2 is 1.86 bits per heavy atom. The number of aryl methyl sites for hydroxylation is 2. The second kappa shape index (κ2) is 11.7. The average molecular weight is 499 g/mol. The molecule has 2 rings (SSSR count). The number of nitrogens with zero attached hydrogens (tertiary/aromatic N) is 3. The number of carbonyl (C=O) groups is 1. The number of amides is 1. The lowest BCUT2D eigenvalue weighted by molar-refractivity contribution is 0.0827. The van der Waals surface area contributed by atoms with Crippen LogP contribution in [0.1, 0.15) is 32.9 Å². The molecule has 0 bridgehead atoms. The van der Waals surface area contributed by atoms with Gasteiger partial charge in [-0.05, 0) is 44.4 Å². The van der Waals surface area contributed by atoms with E-state index in [2.05, 4.69) is 20.8 Å². The summed E-state index contributed by atoms with van der Waals surface area (Å²) in [6.07, 6.45) is 1.63. The van der Waals surface area contributed by atoms with Gasteiger partial charge in [-0.15, -0.1) is 24.0 Å². The van der Waals surface area contributed by atoms with Crippen LogP contribution in [0.4, 0.5) is 0 Å². The number of carbonyl (C=O) groups excluding carboxylic acids is 1. The highest BCUT2D eigenvalue weighted by molar-refractivity contribution is 14.0. The van der Waals surface area contributed by atoms with Gasteiger partial charge in [0.25, 0.3) is 5.91 Å². The van der Waals surface area contributed by atoms with Crippen LogP contribution in [0.5, 0.6) is 0 Å². The molecule has 2 aromatic rings. The molecular formula is C20H30IN5O2. The summed E-state index contributed by atoms with van der Waals surface area (Å²) in [6.45, 7) is 5.35. The van der Waals surface area contributed by atoms with Gasteiger partial charge in [0.1, 0.15) is 5.76 Å². The molecule has 2 N–H and O–H groups in total. The van der Waals surface area contributed by atoms with Crippen molar-refractivity contribution in [3.05, 3.63) is 52.4 Å². The number of guanidine groups is 1. The molecule has 0 aliphatic rings. The molecule has 0 atom stereocenters. The second-order valence-electron chi connectivity index (χ2n) is 6.63. The number of hydrogen-bond donors (Lipinski definition) is 2. The third kappa shape index (κ3) is 6.81. The lowest BCUT2D eigenvalue weighted by Gasteiger charge is -2.13. The minimum atomic E-state index is 0. The van der Waals surface area contributed by atoms with Crippen LogP contribution < -0.4 is 10.6 Å². The fraction of sp³-hybridized carbons (Fsp3) is 0.450. The van der Waals surface area contributed by atoms with Crippen LogP contribution in [0.2, 0.25) is 0 Å². The Labute approximate surface area is 184 Å². The molecule has 0 aliphatic heterocycles. The van der Waals surface area contributed by atoms with Gasteiger partial charge in [-0.25, -0.2) is 0 Å². The third-order valence-corrected chi connectivity index (χ3v) is 4.36. The molecule has 0 spiro atoms. The first-order valence-corrected chi connectivity index (χ1v) is 9.09. The first kappa shape index (κ1) is 23.9. The number of hydrogen-bond acceptors (Lipinski definition) is 4. The third-order valence-electron chi connectivity index (χ3n) is 4.36. The summed E-state index contributed by atoms with van der Waals surface area (Å²) in [5.41, 5.74) is 3.89. The molecule has 154 valence electrons. The minimum absolute atomic E-state index is 0. The standard InChI is InChI=1S/C20H29N5O2.HI/c1-14-18(15(2)27-24-14)10-12-23-20(21-3)22-11-9-16-7-6-8-17(13-16)19(26)25(4)5;/h6-8,13H,9-12H2,1-5H3,(H2,21,22,23);1H. The maximum atomic E-state index is 12.1. The van der Waals surface area contributed by atoms with E-state index in [0.717, 1.165) is 54.5 Å². The zero-order valence-electron chi connectivity index (χ0n) is 17.2. The Hall–Kier alpha value is -2.10. The van der Waals surface area contributed by atoms with Crippen LogP contribution in [0.15, 0.2) is 33.8 Å². The zero-order valence-corrected chi connectivity index (χ0v) is 19.5. The quantitative estimate of drug-likeness (QED) is 0.348. The summed E-state index contributed by atoms with van der Waals surface area (Å²) < 4.78 is 5.18. The Morgan fingerprint density at radius 1 is 1.18 bits per heavy atom. The smallest absolute Gasteiger partial charge is 0.253 e. The molecule has 0 radical (unpaired) electrons. The number of halogens is 1. The maximum absolute atomic E-state index is 12.1. The van der Waals surface area contributed by atoms with Crippen molar-refractivity contribution in [1.82, 2.24) is 20.7 Å². The molecule has 0 aliphatic carbocycles. The molecule has 1 heterocycles. The zero-order chi connectivity index (χ0) is 19.8. The van der Waals surface area contributed by atoms with Gasteiger partial charge in [0.2, 0.25) is 0 Å². The molecule has 7 nitrogen and oxygen atoms in total. The first-order valence-electron chi connectivity index (χ1n) is 9.09. The SMILES string of the molecule is CN=C(NCCc1cccc(C(=O)N(C)C)c1)NCCc1c(C)noc1C.I. The Morgan fingerprint density at radius 3 is 2.43 bits per heavy atom. The lowest BCUT2D eigenvalue weighted by atomic mass is 10.1. The van der Waals surface area contributed by atoms with Crippen LogP contribution in [0.25, 0.3) is 0 Å². The van der Waals surface area contributed by atoms with Crippen molar-refractivity contribution in [2.45, 2.75) is 26.7 Å². The molecule has 8 heteroatoms. The van der Waals surface area contributed by atoms with Crippen molar-refractivity contribution in [3.63, 3.8) is 0 Å². The van der Waals surface area contributed by atoms with Crippen LogP contribution >= 0.6 is 24.0 Å². The number of benzene rings is 1. The van der Waals surface area contributed by atoms with Crippen molar-refractivity contribution in [3.8, 4) is 0 Å². The fourth-order valence-electron chi connectivity index (χ4n) is 2.83. The summed E-state index contributed by atoms with van der Waals surface area (Å²) >= 11 is 0. The predicted octanol–water partition coefficient (Wildman–Crippen LogP) is 2.56. The van der Waals surface area contributed by atoms with Gasteiger partial charge in [-0.2, -0.15) is 0 Å². The molecule has 1 aromatic heterocycles. The Kier molecular flexibility index (Phi) is 9.98. The van der Waals surface area contributed by atoms with Gasteiger partial charge in [0.05, 0.1) is 5.69 Å². The van der Waals surface area contributed by atoms with Gasteiger partial charge >= 0.3 is 0 Å². The summed E-state index contributed by atoms with van der Waals surface area (Å²) in [4.78, 5) is 17.9. The second-order valence-corrected chi connectivity index (χ2v) is 6.63. The molecule has 0 saturated carbocycles. The van der Waals surface area contributed by atoms with Crippen molar-refractivity contribution in [2.75, 3.05) is 34.2 Å². The average Bonchev–Trinajstić information content (AvgIpc) is 2.98. The number of rotatable bonds is 7.